The fourth-order valence-corrected chi connectivity index (χ4v) is 11.3. The minimum Gasteiger partial charge on any atom is -0.478 e. The van der Waals surface area contributed by atoms with Gasteiger partial charge in [-0.15, -0.1) is 0 Å². The predicted octanol–water partition coefficient (Wildman–Crippen LogP) is 11.0. The Bertz CT molecular complexity index is 3530. The number of hydrogen-bond donors (Lipinski definition) is 3. The van der Waals surface area contributed by atoms with E-state index >= 15 is 0 Å². The van der Waals surface area contributed by atoms with Gasteiger partial charge in [0.05, 0.1) is 29.3 Å². The van der Waals surface area contributed by atoms with Gasteiger partial charge in [0.15, 0.2) is 0 Å². The van der Waals surface area contributed by atoms with E-state index in [0.717, 1.165) is 109 Å². The molecular weight excluding hydrogens is 1060 g/mol. The van der Waals surface area contributed by atoms with Crippen LogP contribution in [0.15, 0.2) is 140 Å². The molecule has 16 nitrogen and oxygen atoms in total. The lowest BCUT2D eigenvalue weighted by Crippen LogP contribution is -2.52. The maximum Gasteiger partial charge on any atom is 0.338 e. The smallest absolute Gasteiger partial charge is 0.338 e. The average molecular weight is 1130 g/mol. The number of amides is 3. The van der Waals surface area contributed by atoms with Crippen LogP contribution in [0.25, 0.3) is 33.4 Å². The number of rotatable bonds is 12. The van der Waals surface area contributed by atoms with Crippen LogP contribution in [0.4, 0.5) is 0 Å². The van der Waals surface area contributed by atoms with Crippen molar-refractivity contribution in [3.05, 3.63) is 201 Å². The van der Waals surface area contributed by atoms with Crippen LogP contribution in [-0.4, -0.2) is 146 Å². The summed E-state index contributed by atoms with van der Waals surface area (Å²) in [5, 5.41) is 21.7. The van der Waals surface area contributed by atoms with Crippen LogP contribution in [0.3, 0.4) is 0 Å². The minimum atomic E-state index is -1.07. The molecule has 3 atom stereocenters. The van der Waals surface area contributed by atoms with E-state index in [9.17, 15) is 39.0 Å². The Balaban J connectivity index is 0.000000157. The Morgan fingerprint density at radius 3 is 1.31 bits per heavy atom. The Morgan fingerprint density at radius 2 is 0.893 bits per heavy atom. The number of carbonyl (C=O) groups excluding carboxylic acids is 4. The first-order chi connectivity index (χ1) is 40.4. The normalized spacial score (nSPS) is 16.8. The van der Waals surface area contributed by atoms with Gasteiger partial charge in [0.2, 0.25) is 0 Å². The number of esters is 1. The highest BCUT2D eigenvalue weighted by atomic mass is 16.5. The number of carboxylic acid groups (broad SMARTS) is 2. The zero-order chi connectivity index (χ0) is 59.6. The number of carbonyl (C=O) groups is 6. The molecule has 0 aliphatic carbocycles. The van der Waals surface area contributed by atoms with E-state index < -0.39 is 17.9 Å². The predicted molar refractivity (Wildman–Crippen MR) is 323 cm³/mol. The van der Waals surface area contributed by atoms with Gasteiger partial charge in [-0.3, -0.25) is 24.2 Å². The van der Waals surface area contributed by atoms with Crippen LogP contribution < -0.4 is 5.32 Å². The monoisotopic (exact) mass is 1130 g/mol. The summed E-state index contributed by atoms with van der Waals surface area (Å²) in [6.07, 6.45) is 8.12. The average Bonchev–Trinajstić information content (AvgIpc) is 3.86. The lowest BCUT2D eigenvalue weighted by molar-refractivity contribution is 0.0523. The number of carboxylic acids is 2. The van der Waals surface area contributed by atoms with Crippen LogP contribution in [0.5, 0.6) is 0 Å². The van der Waals surface area contributed by atoms with Crippen LogP contribution >= 0.6 is 0 Å². The summed E-state index contributed by atoms with van der Waals surface area (Å²) < 4.78 is 4.94. The molecule has 1 aromatic heterocycles. The molecule has 4 aliphatic heterocycles. The van der Waals surface area contributed by atoms with Crippen molar-refractivity contribution in [3.63, 3.8) is 0 Å². The van der Waals surface area contributed by atoms with Crippen LogP contribution in [-0.2, 0) is 4.74 Å². The maximum atomic E-state index is 13.6. The SMILES string of the molecule is CCOC(=O)c1cc(C(=O)O)cc(-c2ccc(C)cc2)c1.Cc1ccc(-c2cc(C(=O)N[C@H](C)c3cnc(C)nc3)cc(C(=O)N3CCN4CCCC4C3)c2)cc1.Cc1ccc(-c2cc(C(=O)O)cc(C(=O)N3CCN4CCCC4C3)c2)cc1. The first-order valence-corrected chi connectivity index (χ1v) is 28.9. The van der Waals surface area contributed by atoms with Gasteiger partial charge in [0, 0.05) is 86.0 Å². The standard InChI is InChI=1S/C29H33N5O2.C22H24N2O3.C17H16O4/c1-19-6-8-22(9-7-19)23-13-24(28(35)32-20(2)26-16-30-21(3)31-17-26)15-25(14-23)29(36)34-12-11-33-10-4-5-27(33)18-34;1-15-4-6-16(7-5-15)17-11-18(13-19(12-17)22(26)27)21(25)24-10-9-23-8-2-3-20(23)14-24;1-3-21-17(20)15-9-13(8-14(10-15)16(18)19)12-6-4-11(2)5-7-12/h6-9,13-17,20,27H,4-5,10-12,18H2,1-3H3,(H,32,35);4-7,11-13,20H,2-3,8-10,14H2,1H3,(H,26,27);4-10H,3H2,1-2H3,(H,18,19)/t20-,27?;;/m1../s1. The topological polar surface area (TPSA) is 203 Å². The van der Waals surface area contributed by atoms with Gasteiger partial charge in [-0.05, 0) is 168 Å². The number of benzene rings is 6. The molecule has 4 aliphatic rings. The molecular formula is C68H73N7O9. The third-order valence-corrected chi connectivity index (χ3v) is 16.1. The number of nitrogens with zero attached hydrogens (tertiary/aromatic N) is 6. The molecule has 84 heavy (non-hydrogen) atoms. The molecule has 7 aromatic rings. The molecule has 11 rings (SSSR count). The molecule has 2 unspecified atom stereocenters. The van der Waals surface area contributed by atoms with Crippen molar-refractivity contribution in [2.45, 2.75) is 85.4 Å². The minimum absolute atomic E-state index is 0.00968. The van der Waals surface area contributed by atoms with Crippen molar-refractivity contribution in [2.75, 3.05) is 59.0 Å². The molecule has 0 spiro atoms. The van der Waals surface area contributed by atoms with Gasteiger partial charge >= 0.3 is 17.9 Å². The summed E-state index contributed by atoms with van der Waals surface area (Å²) in [5.41, 5.74) is 11.2. The summed E-state index contributed by atoms with van der Waals surface area (Å²) in [4.78, 5) is 92.0. The van der Waals surface area contributed by atoms with Gasteiger partial charge in [-0.1, -0.05) is 89.5 Å². The summed E-state index contributed by atoms with van der Waals surface area (Å²) >= 11 is 0. The maximum absolute atomic E-state index is 13.6. The molecule has 16 heteroatoms. The molecule has 0 saturated carbocycles. The highest BCUT2D eigenvalue weighted by Crippen LogP contribution is 2.30. The second kappa shape index (κ2) is 27.0. The fourth-order valence-electron chi connectivity index (χ4n) is 11.3. The van der Waals surface area contributed by atoms with Crippen molar-refractivity contribution >= 4 is 35.6 Å². The summed E-state index contributed by atoms with van der Waals surface area (Å²) in [6, 6.07) is 39.3. The number of ether oxygens (including phenoxy) is 1. The van der Waals surface area contributed by atoms with Crippen molar-refractivity contribution in [1.82, 2.24) is 34.9 Å². The van der Waals surface area contributed by atoms with Crippen molar-refractivity contribution in [2.24, 2.45) is 0 Å². The zero-order valence-electron chi connectivity index (χ0n) is 48.6. The van der Waals surface area contributed by atoms with Gasteiger partial charge < -0.3 is 30.1 Å². The van der Waals surface area contributed by atoms with E-state index in [-0.39, 0.29) is 47.1 Å². The second-order valence-corrected chi connectivity index (χ2v) is 22.3. The molecule has 4 saturated heterocycles. The van der Waals surface area contributed by atoms with E-state index in [4.69, 9.17) is 4.74 Å². The van der Waals surface area contributed by atoms with Crippen LogP contribution in [0.2, 0.25) is 0 Å². The highest BCUT2D eigenvalue weighted by Gasteiger charge is 2.35. The zero-order valence-corrected chi connectivity index (χ0v) is 48.6. The number of nitrogens with one attached hydrogen (secondary N) is 1. The molecule has 6 aromatic carbocycles. The molecule has 3 N–H and O–H groups in total. The van der Waals surface area contributed by atoms with Gasteiger partial charge in [-0.25, -0.2) is 24.4 Å². The third kappa shape index (κ3) is 14.8. The largest absolute Gasteiger partial charge is 0.478 e. The van der Waals surface area contributed by atoms with E-state index in [1.54, 1.807) is 43.6 Å². The number of fused-ring (bicyclic) bond motifs is 2. The molecule has 0 radical (unpaired) electrons. The van der Waals surface area contributed by atoms with Gasteiger partial charge in [0.1, 0.15) is 5.82 Å². The molecule has 4 fully saturated rings. The third-order valence-electron chi connectivity index (χ3n) is 16.1. The van der Waals surface area contributed by atoms with Crippen LogP contribution in [0.1, 0.15) is 136 Å². The first kappa shape index (κ1) is 59.8. The summed E-state index contributed by atoms with van der Waals surface area (Å²) in [7, 11) is 0. The van der Waals surface area contributed by atoms with E-state index in [1.165, 1.54) is 25.0 Å². The number of aryl methyl sites for hydroxylation is 4. The lowest BCUT2D eigenvalue weighted by Gasteiger charge is -2.37. The Kier molecular flexibility index (Phi) is 19.2. The Labute approximate surface area is 491 Å². The molecule has 0 bridgehead atoms. The first-order valence-electron chi connectivity index (χ1n) is 28.9. The van der Waals surface area contributed by atoms with Crippen molar-refractivity contribution < 1.29 is 43.7 Å². The van der Waals surface area contributed by atoms with Crippen molar-refractivity contribution in [1.29, 1.82) is 0 Å². The van der Waals surface area contributed by atoms with Crippen LogP contribution in [0, 0.1) is 27.7 Å². The van der Waals surface area contributed by atoms with Gasteiger partial charge in [0.25, 0.3) is 17.7 Å². The summed E-state index contributed by atoms with van der Waals surface area (Å²) in [6.45, 7) is 18.7. The highest BCUT2D eigenvalue weighted by molar-refractivity contribution is 6.02. The fraction of sp³-hybridized carbons (Fsp3) is 0.324. The number of aromatic nitrogens is 2. The second-order valence-electron chi connectivity index (χ2n) is 22.3. The van der Waals surface area contributed by atoms with Crippen molar-refractivity contribution in [3.8, 4) is 33.4 Å². The molecule has 5 heterocycles. The van der Waals surface area contributed by atoms with E-state index in [0.29, 0.717) is 46.7 Å². The number of piperazine rings is 2. The number of hydrogen-bond acceptors (Lipinski definition) is 11. The number of aromatic carboxylic acids is 2. The van der Waals surface area contributed by atoms with Gasteiger partial charge in [-0.2, -0.15) is 0 Å². The van der Waals surface area contributed by atoms with E-state index in [2.05, 4.69) is 25.1 Å². The lowest BCUT2D eigenvalue weighted by atomic mass is 9.97. The summed E-state index contributed by atoms with van der Waals surface area (Å²) in [5.74, 6) is -2.24. The van der Waals surface area contributed by atoms with E-state index in [1.807, 2.05) is 135 Å². The molecule has 3 amide bonds. The quantitative estimate of drug-likeness (QED) is 0.0976. The Morgan fingerprint density at radius 1 is 0.512 bits per heavy atom. The molecule has 434 valence electrons. The Hall–Kier alpha value is -8.86.